The monoisotopic (exact) mass is 190 g/mol. The first-order valence-corrected chi connectivity index (χ1v) is 3.88. The molecule has 0 bridgehead atoms. The van der Waals surface area contributed by atoms with Crippen LogP contribution in [0.1, 0.15) is 5.56 Å². The van der Waals surface area contributed by atoms with Crippen LogP contribution in [0, 0.1) is 11.8 Å². The van der Waals surface area contributed by atoms with Crippen LogP contribution in [-0.4, -0.2) is 21.7 Å². The Balaban J connectivity index is 2.55. The summed E-state index contributed by atoms with van der Waals surface area (Å²) in [5.74, 6) is 4.59. The molecule has 0 aliphatic heterocycles. The molecule has 0 amide bonds. The van der Waals surface area contributed by atoms with Crippen LogP contribution in [0.3, 0.4) is 0 Å². The summed E-state index contributed by atoms with van der Waals surface area (Å²) in [6.45, 7) is -0.213. The lowest BCUT2D eigenvalue weighted by Crippen LogP contribution is -1.93. The Morgan fingerprint density at radius 1 is 1.64 bits per heavy atom. The number of oxazole rings is 1. The van der Waals surface area contributed by atoms with Crippen LogP contribution in [0.5, 0.6) is 0 Å². The highest BCUT2D eigenvalue weighted by Gasteiger charge is 2.01. The molecule has 2 aromatic heterocycles. The second-order valence-electron chi connectivity index (χ2n) is 2.55. The number of hydrogen-bond acceptors (Lipinski definition) is 4. The smallest absolute Gasteiger partial charge is 0.406 e. The molecule has 0 saturated heterocycles. The molecule has 0 spiro atoms. The third-order valence-corrected chi connectivity index (χ3v) is 1.59. The molecular weight excluding hydrogens is 184 g/mol. The highest BCUT2D eigenvalue weighted by molar-refractivity contribution is 5.68. The van der Waals surface area contributed by atoms with Crippen molar-refractivity contribution in [3.8, 4) is 11.8 Å². The van der Waals surface area contributed by atoms with E-state index in [0.717, 1.165) is 0 Å². The number of nitrogens with zero attached hydrogens (tertiary/aromatic N) is 1. The van der Waals surface area contributed by atoms with Gasteiger partial charge in [-0.25, -0.2) is 9.78 Å². The number of hydrogen-bond donors (Lipinski definition) is 2. The maximum absolute atomic E-state index is 10.8. The molecule has 5 nitrogen and oxygen atoms in total. The largest absolute Gasteiger partial charge is 0.418 e. The summed E-state index contributed by atoms with van der Waals surface area (Å²) >= 11 is 0. The molecule has 2 N–H and O–H groups in total. The van der Waals surface area contributed by atoms with E-state index >= 15 is 0 Å². The van der Waals surface area contributed by atoms with Crippen LogP contribution < -0.4 is 5.76 Å². The van der Waals surface area contributed by atoms with E-state index in [9.17, 15) is 4.79 Å². The molecule has 0 saturated carbocycles. The van der Waals surface area contributed by atoms with Crippen molar-refractivity contribution in [2.75, 3.05) is 6.61 Å². The predicted molar refractivity (Wildman–Crippen MR) is 48.6 cm³/mol. The van der Waals surface area contributed by atoms with E-state index in [-0.39, 0.29) is 6.61 Å². The zero-order valence-corrected chi connectivity index (χ0v) is 7.07. The van der Waals surface area contributed by atoms with Crippen molar-refractivity contribution in [2.45, 2.75) is 0 Å². The van der Waals surface area contributed by atoms with Gasteiger partial charge in [-0.2, -0.15) is 0 Å². The minimum Gasteiger partial charge on any atom is -0.406 e. The van der Waals surface area contributed by atoms with Crippen molar-refractivity contribution >= 4 is 11.2 Å². The number of aromatic amines is 1. The Hall–Kier alpha value is -2.06. The number of H-pyrrole nitrogens is 1. The van der Waals surface area contributed by atoms with E-state index in [1.165, 1.54) is 6.20 Å². The molecule has 2 rings (SSSR count). The topological polar surface area (TPSA) is 79.1 Å². The van der Waals surface area contributed by atoms with Crippen molar-refractivity contribution in [3.63, 3.8) is 0 Å². The number of fused-ring (bicyclic) bond motifs is 1. The number of nitrogens with one attached hydrogen (secondary N) is 1. The van der Waals surface area contributed by atoms with Crippen molar-refractivity contribution in [1.82, 2.24) is 9.97 Å². The average molecular weight is 190 g/mol. The van der Waals surface area contributed by atoms with E-state index in [2.05, 4.69) is 21.8 Å². The van der Waals surface area contributed by atoms with Crippen LogP contribution in [0.25, 0.3) is 11.2 Å². The second-order valence-corrected chi connectivity index (χ2v) is 2.55. The van der Waals surface area contributed by atoms with Gasteiger partial charge in [0.2, 0.25) is 0 Å². The lowest BCUT2D eigenvalue weighted by atomic mass is 10.3. The summed E-state index contributed by atoms with van der Waals surface area (Å²) in [7, 11) is 0. The first-order valence-electron chi connectivity index (χ1n) is 3.88. The van der Waals surface area contributed by atoms with Gasteiger partial charge in [0.25, 0.3) is 0 Å². The third kappa shape index (κ3) is 1.51. The predicted octanol–water partition coefficient (Wildman–Crippen LogP) is -0.140. The molecule has 0 fully saturated rings. The second kappa shape index (κ2) is 3.36. The van der Waals surface area contributed by atoms with Crippen molar-refractivity contribution in [1.29, 1.82) is 0 Å². The highest BCUT2D eigenvalue weighted by Crippen LogP contribution is 2.07. The minimum atomic E-state index is -0.542. The van der Waals surface area contributed by atoms with Gasteiger partial charge in [0.05, 0.1) is 0 Å². The van der Waals surface area contributed by atoms with Crippen LogP contribution in [0.15, 0.2) is 21.5 Å². The van der Waals surface area contributed by atoms with Gasteiger partial charge in [-0.15, -0.1) is 0 Å². The zero-order valence-electron chi connectivity index (χ0n) is 7.07. The fraction of sp³-hybridized carbons (Fsp3) is 0.111. The Morgan fingerprint density at radius 3 is 3.29 bits per heavy atom. The number of pyridine rings is 1. The summed E-state index contributed by atoms with van der Waals surface area (Å²) in [6, 6.07) is 1.59. The summed E-state index contributed by atoms with van der Waals surface area (Å²) < 4.78 is 4.78. The van der Waals surface area contributed by atoms with Gasteiger partial charge < -0.3 is 9.52 Å². The quantitative estimate of drug-likeness (QED) is 0.566. The molecule has 2 aromatic rings. The Labute approximate surface area is 78.4 Å². The normalized spacial score (nSPS) is 9.79. The summed E-state index contributed by atoms with van der Waals surface area (Å²) in [5, 5.41) is 8.47. The van der Waals surface area contributed by atoms with E-state index in [1.54, 1.807) is 6.07 Å². The molecular formula is C9H6N2O3. The van der Waals surface area contributed by atoms with E-state index < -0.39 is 5.76 Å². The van der Waals surface area contributed by atoms with Crippen LogP contribution in [0.4, 0.5) is 0 Å². The fourth-order valence-electron chi connectivity index (χ4n) is 1.05. The van der Waals surface area contributed by atoms with Gasteiger partial charge in [-0.1, -0.05) is 11.8 Å². The van der Waals surface area contributed by atoms with Crippen molar-refractivity contribution < 1.29 is 9.52 Å². The van der Waals surface area contributed by atoms with E-state index in [1.807, 2.05) is 0 Å². The van der Waals surface area contributed by atoms with Crippen LogP contribution >= 0.6 is 0 Å². The Kier molecular flexibility index (Phi) is 2.05. The standard InChI is InChI=1S/C9H6N2O3/c12-3-1-2-6-4-7-8(10-5-6)11-9(13)14-7/h4-5,12H,3H2,(H,10,11,13). The van der Waals surface area contributed by atoms with Gasteiger partial charge in [-0.3, -0.25) is 4.98 Å². The fourth-order valence-corrected chi connectivity index (χ4v) is 1.05. The summed E-state index contributed by atoms with van der Waals surface area (Å²) in [4.78, 5) is 17.1. The van der Waals surface area contributed by atoms with Crippen LogP contribution in [0.2, 0.25) is 0 Å². The molecule has 5 heteroatoms. The molecule has 70 valence electrons. The van der Waals surface area contributed by atoms with Crippen LogP contribution in [-0.2, 0) is 0 Å². The first-order chi connectivity index (χ1) is 6.79. The molecule has 0 atom stereocenters. The number of aliphatic hydroxyl groups excluding tert-OH is 1. The number of aromatic nitrogens is 2. The van der Waals surface area contributed by atoms with Gasteiger partial charge in [0, 0.05) is 17.8 Å². The average Bonchev–Trinajstić information content (AvgIpc) is 2.54. The van der Waals surface area contributed by atoms with Crippen molar-refractivity contribution in [3.05, 3.63) is 28.4 Å². The van der Waals surface area contributed by atoms with Gasteiger partial charge in [0.15, 0.2) is 11.2 Å². The zero-order chi connectivity index (χ0) is 9.97. The van der Waals surface area contributed by atoms with Gasteiger partial charge in [-0.05, 0) is 0 Å². The molecule has 14 heavy (non-hydrogen) atoms. The Morgan fingerprint density at radius 2 is 2.50 bits per heavy atom. The lowest BCUT2D eigenvalue weighted by molar-refractivity contribution is 0.350. The number of rotatable bonds is 0. The SMILES string of the molecule is O=c1[nH]c2ncc(C#CCO)cc2o1. The molecule has 0 aliphatic carbocycles. The third-order valence-electron chi connectivity index (χ3n) is 1.59. The van der Waals surface area contributed by atoms with Crippen molar-refractivity contribution in [2.24, 2.45) is 0 Å². The summed E-state index contributed by atoms with van der Waals surface area (Å²) in [6.07, 6.45) is 1.50. The van der Waals surface area contributed by atoms with Gasteiger partial charge in [0.1, 0.15) is 6.61 Å². The maximum atomic E-state index is 10.8. The van der Waals surface area contributed by atoms with E-state index in [0.29, 0.717) is 16.8 Å². The molecule has 2 heterocycles. The number of aliphatic hydroxyl groups is 1. The molecule has 0 aromatic carbocycles. The Bertz CT molecular complexity index is 571. The molecule has 0 unspecified atom stereocenters. The highest BCUT2D eigenvalue weighted by atomic mass is 16.4. The minimum absolute atomic E-state index is 0.213. The summed E-state index contributed by atoms with van der Waals surface area (Å²) in [5.41, 5.74) is 1.35. The molecule has 0 aliphatic rings. The first kappa shape index (κ1) is 8.53. The lowest BCUT2D eigenvalue weighted by Gasteiger charge is -1.87. The molecule has 0 radical (unpaired) electrons. The van der Waals surface area contributed by atoms with E-state index in [4.69, 9.17) is 9.52 Å². The van der Waals surface area contributed by atoms with Gasteiger partial charge >= 0.3 is 5.76 Å². The maximum Gasteiger partial charge on any atom is 0.418 e.